The van der Waals surface area contributed by atoms with Crippen LogP contribution in [0.15, 0.2) is 0 Å². The van der Waals surface area contributed by atoms with Crippen LogP contribution in [0.25, 0.3) is 0 Å². The molecule has 1 aliphatic carbocycles. The van der Waals surface area contributed by atoms with E-state index in [0.29, 0.717) is 6.54 Å². The van der Waals surface area contributed by atoms with Crippen LogP contribution in [0, 0.1) is 0 Å². The van der Waals surface area contributed by atoms with Gasteiger partial charge in [0.2, 0.25) is 0 Å². The number of nitrogens with zero attached hydrogens (tertiary/aromatic N) is 1. The number of rotatable bonds is 8. The van der Waals surface area contributed by atoms with Crippen molar-refractivity contribution in [3.63, 3.8) is 0 Å². The maximum Gasteiger partial charge on any atom is 0.279 e. The molecule has 5 nitrogen and oxygen atoms in total. The number of nitrogens with one attached hydrogen (secondary N) is 2. The van der Waals surface area contributed by atoms with E-state index in [2.05, 4.69) is 10.0 Å². The Morgan fingerprint density at radius 2 is 2.06 bits per heavy atom. The van der Waals surface area contributed by atoms with Crippen LogP contribution >= 0.6 is 0 Å². The van der Waals surface area contributed by atoms with E-state index in [9.17, 15) is 8.42 Å². The van der Waals surface area contributed by atoms with Crippen LogP contribution in [0.3, 0.4) is 0 Å². The van der Waals surface area contributed by atoms with Gasteiger partial charge in [0.25, 0.3) is 10.2 Å². The van der Waals surface area contributed by atoms with Gasteiger partial charge in [-0.15, -0.1) is 0 Å². The minimum absolute atomic E-state index is 0.168. The molecule has 1 fully saturated rings. The highest BCUT2D eigenvalue weighted by Gasteiger charge is 2.25. The van der Waals surface area contributed by atoms with Crippen molar-refractivity contribution in [2.75, 3.05) is 26.7 Å². The third-order valence-electron chi connectivity index (χ3n) is 2.91. The van der Waals surface area contributed by atoms with Gasteiger partial charge in [0.05, 0.1) is 0 Å². The summed E-state index contributed by atoms with van der Waals surface area (Å²) in [5.74, 6) is 0. The average molecular weight is 249 g/mol. The van der Waals surface area contributed by atoms with Crippen molar-refractivity contribution in [3.8, 4) is 0 Å². The van der Waals surface area contributed by atoms with Gasteiger partial charge in [-0.25, -0.2) is 0 Å². The van der Waals surface area contributed by atoms with E-state index in [1.54, 1.807) is 7.05 Å². The van der Waals surface area contributed by atoms with Gasteiger partial charge in [-0.05, 0) is 32.4 Å². The van der Waals surface area contributed by atoms with Crippen molar-refractivity contribution in [1.82, 2.24) is 14.3 Å². The van der Waals surface area contributed by atoms with Crippen LogP contribution in [-0.2, 0) is 10.2 Å². The smallest absolute Gasteiger partial charge is 0.279 e. The summed E-state index contributed by atoms with van der Waals surface area (Å²) in [6.45, 7) is 4.39. The number of hydrogen-bond donors (Lipinski definition) is 2. The summed E-state index contributed by atoms with van der Waals surface area (Å²) in [5.41, 5.74) is 0. The molecule has 1 saturated carbocycles. The van der Waals surface area contributed by atoms with E-state index in [0.717, 1.165) is 38.8 Å². The molecule has 1 rings (SSSR count). The maximum absolute atomic E-state index is 11.8. The Balaban J connectivity index is 2.24. The Hall–Kier alpha value is -0.170. The SMILES string of the molecule is CCNCCCN(C)S(=O)(=O)NC1CCC1. The van der Waals surface area contributed by atoms with Crippen molar-refractivity contribution in [1.29, 1.82) is 0 Å². The summed E-state index contributed by atoms with van der Waals surface area (Å²) in [6.07, 6.45) is 3.93. The van der Waals surface area contributed by atoms with E-state index in [1.807, 2.05) is 6.92 Å². The molecular formula is C10H23N3O2S. The fraction of sp³-hybridized carbons (Fsp3) is 1.00. The van der Waals surface area contributed by atoms with Gasteiger partial charge in [-0.1, -0.05) is 13.3 Å². The molecule has 0 unspecified atom stereocenters. The first-order chi connectivity index (χ1) is 7.56. The van der Waals surface area contributed by atoms with Crippen LogP contribution in [0.2, 0.25) is 0 Å². The number of hydrogen-bond acceptors (Lipinski definition) is 3. The van der Waals surface area contributed by atoms with E-state index in [4.69, 9.17) is 0 Å². The van der Waals surface area contributed by atoms with Crippen molar-refractivity contribution in [3.05, 3.63) is 0 Å². The van der Waals surface area contributed by atoms with Crippen LogP contribution in [0.5, 0.6) is 0 Å². The zero-order valence-corrected chi connectivity index (χ0v) is 11.0. The largest absolute Gasteiger partial charge is 0.317 e. The Bertz CT molecular complexity index is 288. The van der Waals surface area contributed by atoms with Gasteiger partial charge in [0, 0.05) is 19.6 Å². The second-order valence-electron chi connectivity index (χ2n) is 4.28. The zero-order valence-electron chi connectivity index (χ0n) is 10.2. The highest BCUT2D eigenvalue weighted by Crippen LogP contribution is 2.19. The Morgan fingerprint density at radius 1 is 1.38 bits per heavy atom. The van der Waals surface area contributed by atoms with Gasteiger partial charge in [-0.3, -0.25) is 0 Å². The Kier molecular flexibility index (Phi) is 5.68. The lowest BCUT2D eigenvalue weighted by molar-refractivity contribution is 0.365. The van der Waals surface area contributed by atoms with Crippen LogP contribution < -0.4 is 10.0 Å². The molecule has 2 N–H and O–H groups in total. The molecule has 0 saturated heterocycles. The topological polar surface area (TPSA) is 61.4 Å². The standard InChI is InChI=1S/C10H23N3O2S/c1-3-11-8-5-9-13(2)16(14,15)12-10-6-4-7-10/h10-12H,3-9H2,1-2H3. The molecule has 0 aromatic rings. The molecule has 1 aliphatic rings. The van der Waals surface area contributed by atoms with E-state index in [1.165, 1.54) is 4.31 Å². The fourth-order valence-corrected chi connectivity index (χ4v) is 2.76. The van der Waals surface area contributed by atoms with E-state index < -0.39 is 10.2 Å². The summed E-state index contributed by atoms with van der Waals surface area (Å²) in [5, 5.41) is 3.18. The monoisotopic (exact) mass is 249 g/mol. The Labute approximate surface area is 98.8 Å². The summed E-state index contributed by atoms with van der Waals surface area (Å²) in [4.78, 5) is 0. The molecule has 6 heteroatoms. The molecule has 0 aliphatic heterocycles. The fourth-order valence-electron chi connectivity index (χ4n) is 1.55. The third-order valence-corrected chi connectivity index (χ3v) is 4.54. The predicted molar refractivity (Wildman–Crippen MR) is 65.5 cm³/mol. The maximum atomic E-state index is 11.8. The molecule has 0 amide bonds. The molecule has 0 aromatic carbocycles. The summed E-state index contributed by atoms with van der Waals surface area (Å²) >= 11 is 0. The van der Waals surface area contributed by atoms with Crippen molar-refractivity contribution in [2.45, 2.75) is 38.6 Å². The zero-order chi connectivity index (χ0) is 12.0. The van der Waals surface area contributed by atoms with Crippen molar-refractivity contribution >= 4 is 10.2 Å². The Morgan fingerprint density at radius 3 is 2.56 bits per heavy atom. The predicted octanol–water partition coefficient (Wildman–Crippen LogP) is 0.305. The second-order valence-corrected chi connectivity index (χ2v) is 6.09. The molecule has 0 aromatic heterocycles. The lowest BCUT2D eigenvalue weighted by atomic mass is 9.94. The molecule has 0 bridgehead atoms. The second kappa shape index (κ2) is 6.54. The summed E-state index contributed by atoms with van der Waals surface area (Å²) < 4.78 is 27.7. The minimum Gasteiger partial charge on any atom is -0.317 e. The third kappa shape index (κ3) is 4.37. The molecule has 96 valence electrons. The van der Waals surface area contributed by atoms with Gasteiger partial charge in [-0.2, -0.15) is 17.4 Å². The molecule has 0 heterocycles. The molecule has 16 heavy (non-hydrogen) atoms. The van der Waals surface area contributed by atoms with Crippen molar-refractivity contribution in [2.24, 2.45) is 0 Å². The summed E-state index contributed by atoms with van der Waals surface area (Å²) in [6, 6.07) is 0.168. The van der Waals surface area contributed by atoms with E-state index in [-0.39, 0.29) is 6.04 Å². The average Bonchev–Trinajstić information content (AvgIpc) is 2.18. The van der Waals surface area contributed by atoms with Gasteiger partial charge < -0.3 is 5.32 Å². The quantitative estimate of drug-likeness (QED) is 0.608. The lowest BCUT2D eigenvalue weighted by Crippen LogP contribution is -2.46. The normalized spacial score (nSPS) is 17.7. The van der Waals surface area contributed by atoms with Crippen LogP contribution in [0.4, 0.5) is 0 Å². The molecule has 0 radical (unpaired) electrons. The first-order valence-electron chi connectivity index (χ1n) is 6.00. The lowest BCUT2D eigenvalue weighted by Gasteiger charge is -2.28. The minimum atomic E-state index is -3.25. The first-order valence-corrected chi connectivity index (χ1v) is 7.44. The molecular weight excluding hydrogens is 226 g/mol. The van der Waals surface area contributed by atoms with E-state index >= 15 is 0 Å². The van der Waals surface area contributed by atoms with Crippen LogP contribution in [-0.4, -0.2) is 45.4 Å². The highest BCUT2D eigenvalue weighted by molar-refractivity contribution is 7.87. The first kappa shape index (κ1) is 13.9. The molecule has 0 spiro atoms. The van der Waals surface area contributed by atoms with Gasteiger partial charge in [0.15, 0.2) is 0 Å². The van der Waals surface area contributed by atoms with Crippen LogP contribution in [0.1, 0.15) is 32.6 Å². The van der Waals surface area contributed by atoms with Gasteiger partial charge >= 0.3 is 0 Å². The van der Waals surface area contributed by atoms with Gasteiger partial charge in [0.1, 0.15) is 0 Å². The molecule has 0 atom stereocenters. The summed E-state index contributed by atoms with van der Waals surface area (Å²) in [7, 11) is -1.62. The van der Waals surface area contributed by atoms with Crippen molar-refractivity contribution < 1.29 is 8.42 Å². The highest BCUT2D eigenvalue weighted by atomic mass is 32.2.